The van der Waals surface area contributed by atoms with E-state index in [0.717, 1.165) is 17.1 Å². The molecule has 0 radical (unpaired) electrons. The van der Waals surface area contributed by atoms with E-state index >= 15 is 0 Å². The number of carbonyl (C=O) groups excluding carboxylic acids is 1. The summed E-state index contributed by atoms with van der Waals surface area (Å²) in [5.41, 5.74) is 5.23. The number of hydrazone groups is 1. The molecule has 0 atom stereocenters. The summed E-state index contributed by atoms with van der Waals surface area (Å²) < 4.78 is 1.82. The van der Waals surface area contributed by atoms with Crippen molar-refractivity contribution in [2.75, 3.05) is 5.75 Å². The van der Waals surface area contributed by atoms with Crippen molar-refractivity contribution in [2.24, 2.45) is 5.10 Å². The number of hydrogen-bond acceptors (Lipinski definition) is 5. The van der Waals surface area contributed by atoms with Gasteiger partial charge in [0.05, 0.1) is 22.6 Å². The van der Waals surface area contributed by atoms with Crippen LogP contribution in [0.5, 0.6) is 0 Å². The monoisotopic (exact) mass is 394 g/mol. The van der Waals surface area contributed by atoms with Crippen LogP contribution in [-0.2, 0) is 10.5 Å². The topological polar surface area (TPSA) is 89.5 Å². The van der Waals surface area contributed by atoms with Gasteiger partial charge in [0.15, 0.2) is 0 Å². The molecule has 7 nitrogen and oxygen atoms in total. The molecule has 0 bridgehead atoms. The van der Waals surface area contributed by atoms with Gasteiger partial charge in [0.1, 0.15) is 0 Å². The number of aromatic nitrogens is 1. The molecule has 0 saturated heterocycles. The van der Waals surface area contributed by atoms with Crippen LogP contribution in [0.1, 0.15) is 11.3 Å². The molecular weight excluding hydrogens is 376 g/mol. The minimum Gasteiger partial charge on any atom is -0.316 e. The van der Waals surface area contributed by atoms with E-state index in [1.807, 2.05) is 53.2 Å². The van der Waals surface area contributed by atoms with Crippen molar-refractivity contribution >= 4 is 29.6 Å². The van der Waals surface area contributed by atoms with E-state index in [4.69, 9.17) is 0 Å². The van der Waals surface area contributed by atoms with Gasteiger partial charge in [-0.3, -0.25) is 14.9 Å². The van der Waals surface area contributed by atoms with Crippen molar-refractivity contribution in [1.29, 1.82) is 0 Å². The Hall–Kier alpha value is -3.39. The first-order chi connectivity index (χ1) is 13.6. The van der Waals surface area contributed by atoms with Crippen LogP contribution in [-0.4, -0.2) is 27.4 Å². The Bertz CT molecular complexity index is 969. The van der Waals surface area contributed by atoms with E-state index in [9.17, 15) is 14.9 Å². The first-order valence-corrected chi connectivity index (χ1v) is 9.65. The summed E-state index contributed by atoms with van der Waals surface area (Å²) in [6.07, 6.45) is 3.36. The second-order valence-electron chi connectivity index (χ2n) is 5.85. The van der Waals surface area contributed by atoms with E-state index in [1.165, 1.54) is 29.5 Å². The molecule has 3 rings (SSSR count). The lowest BCUT2D eigenvalue weighted by molar-refractivity contribution is -0.384. The number of non-ortho nitro benzene ring substituents is 1. The zero-order valence-electron chi connectivity index (χ0n) is 14.9. The van der Waals surface area contributed by atoms with Gasteiger partial charge in [-0.25, -0.2) is 5.43 Å². The SMILES string of the molecule is O=C(CSCc1ccccc1)NN=Cc1cccn1-c1ccc([N+](=O)[O-])cc1. The Balaban J connectivity index is 1.53. The quantitative estimate of drug-likeness (QED) is 0.358. The summed E-state index contributed by atoms with van der Waals surface area (Å²) in [6, 6.07) is 19.8. The fourth-order valence-electron chi connectivity index (χ4n) is 2.51. The molecule has 0 aliphatic carbocycles. The van der Waals surface area contributed by atoms with Gasteiger partial charge >= 0.3 is 0 Å². The second-order valence-corrected chi connectivity index (χ2v) is 6.83. The molecule has 8 heteroatoms. The highest BCUT2D eigenvalue weighted by Crippen LogP contribution is 2.17. The average molecular weight is 394 g/mol. The van der Waals surface area contributed by atoms with Gasteiger partial charge in [-0.05, 0) is 29.8 Å². The van der Waals surface area contributed by atoms with Crippen LogP contribution < -0.4 is 5.43 Å². The van der Waals surface area contributed by atoms with E-state index in [-0.39, 0.29) is 11.6 Å². The molecule has 1 amide bonds. The Morgan fingerprint density at radius 1 is 1.11 bits per heavy atom. The van der Waals surface area contributed by atoms with E-state index in [0.29, 0.717) is 5.75 Å². The highest BCUT2D eigenvalue weighted by Gasteiger charge is 2.07. The number of nitro benzene ring substituents is 1. The molecular formula is C20H18N4O3S. The molecule has 1 heterocycles. The predicted octanol–water partition coefficient (Wildman–Crippen LogP) is 3.77. The third kappa shape index (κ3) is 5.31. The van der Waals surface area contributed by atoms with Crippen LogP contribution in [0.15, 0.2) is 78.0 Å². The smallest absolute Gasteiger partial charge is 0.269 e. The van der Waals surface area contributed by atoms with Crippen LogP contribution in [0, 0.1) is 10.1 Å². The number of rotatable bonds is 8. The van der Waals surface area contributed by atoms with Gasteiger partial charge in [0.2, 0.25) is 5.91 Å². The molecule has 3 aromatic rings. The minimum atomic E-state index is -0.437. The normalized spacial score (nSPS) is 10.9. The van der Waals surface area contributed by atoms with E-state index < -0.39 is 4.92 Å². The number of nitrogens with zero attached hydrogens (tertiary/aromatic N) is 3. The van der Waals surface area contributed by atoms with Crippen LogP contribution in [0.25, 0.3) is 5.69 Å². The van der Waals surface area contributed by atoms with Gasteiger partial charge < -0.3 is 4.57 Å². The number of hydrogen-bond donors (Lipinski definition) is 1. The van der Waals surface area contributed by atoms with Crippen molar-refractivity contribution in [3.8, 4) is 5.69 Å². The zero-order chi connectivity index (χ0) is 19.8. The molecule has 0 unspecified atom stereocenters. The molecule has 0 saturated carbocycles. The molecule has 0 spiro atoms. The van der Waals surface area contributed by atoms with Crippen molar-refractivity contribution in [3.05, 3.63) is 94.3 Å². The number of carbonyl (C=O) groups is 1. The Kier molecular flexibility index (Phi) is 6.59. The maximum absolute atomic E-state index is 11.9. The second kappa shape index (κ2) is 9.52. The Labute approximate surface area is 166 Å². The van der Waals surface area contributed by atoms with Crippen molar-refractivity contribution in [3.63, 3.8) is 0 Å². The molecule has 1 aromatic heterocycles. The molecule has 1 N–H and O–H groups in total. The number of amides is 1. The van der Waals surface area contributed by atoms with E-state index in [2.05, 4.69) is 10.5 Å². The van der Waals surface area contributed by atoms with Gasteiger partial charge in [-0.15, -0.1) is 11.8 Å². The first-order valence-electron chi connectivity index (χ1n) is 8.49. The fourth-order valence-corrected chi connectivity index (χ4v) is 3.29. The third-order valence-electron chi connectivity index (χ3n) is 3.85. The molecule has 0 aliphatic heterocycles. The Morgan fingerprint density at radius 3 is 2.57 bits per heavy atom. The standard InChI is InChI=1S/C20H18N4O3S/c25-20(15-28-14-16-5-2-1-3-6-16)22-21-13-19-7-4-12-23(19)17-8-10-18(11-9-17)24(26)27/h1-13H,14-15H2,(H,22,25). The maximum atomic E-state index is 11.9. The maximum Gasteiger partial charge on any atom is 0.269 e. The Morgan fingerprint density at radius 2 is 1.86 bits per heavy atom. The third-order valence-corrected chi connectivity index (χ3v) is 4.85. The van der Waals surface area contributed by atoms with Crippen molar-refractivity contribution < 1.29 is 9.72 Å². The predicted molar refractivity (Wildman–Crippen MR) is 111 cm³/mol. The van der Waals surface area contributed by atoms with E-state index in [1.54, 1.807) is 18.3 Å². The minimum absolute atomic E-state index is 0.0337. The average Bonchev–Trinajstić information content (AvgIpc) is 3.17. The largest absolute Gasteiger partial charge is 0.316 e. The van der Waals surface area contributed by atoms with Crippen LogP contribution in [0.3, 0.4) is 0 Å². The lowest BCUT2D eigenvalue weighted by Crippen LogP contribution is -2.20. The summed E-state index contributed by atoms with van der Waals surface area (Å²) in [5.74, 6) is 0.905. The number of benzene rings is 2. The van der Waals surface area contributed by atoms with Crippen molar-refractivity contribution in [2.45, 2.75) is 5.75 Å². The molecule has 28 heavy (non-hydrogen) atoms. The molecule has 2 aromatic carbocycles. The number of nitrogens with one attached hydrogen (secondary N) is 1. The summed E-state index contributed by atoms with van der Waals surface area (Å²) in [6.45, 7) is 0. The lowest BCUT2D eigenvalue weighted by Gasteiger charge is -2.06. The highest BCUT2D eigenvalue weighted by atomic mass is 32.2. The number of nitro groups is 1. The van der Waals surface area contributed by atoms with Crippen LogP contribution >= 0.6 is 11.8 Å². The van der Waals surface area contributed by atoms with Crippen molar-refractivity contribution in [1.82, 2.24) is 9.99 Å². The molecule has 0 fully saturated rings. The van der Waals surface area contributed by atoms with Gasteiger partial charge in [-0.2, -0.15) is 5.10 Å². The zero-order valence-corrected chi connectivity index (χ0v) is 15.7. The fraction of sp³-hybridized carbons (Fsp3) is 0.100. The summed E-state index contributed by atoms with van der Waals surface area (Å²) in [4.78, 5) is 22.2. The van der Waals surface area contributed by atoms with Gasteiger partial charge in [-0.1, -0.05) is 30.3 Å². The highest BCUT2D eigenvalue weighted by molar-refractivity contribution is 7.99. The first kappa shape index (κ1) is 19.4. The van der Waals surface area contributed by atoms with Crippen LogP contribution in [0.4, 0.5) is 5.69 Å². The number of thioether (sulfide) groups is 1. The summed E-state index contributed by atoms with van der Waals surface area (Å²) in [5, 5.41) is 14.8. The van der Waals surface area contributed by atoms with Gasteiger partial charge in [0, 0.05) is 29.8 Å². The molecule has 0 aliphatic rings. The molecule has 142 valence electrons. The lowest BCUT2D eigenvalue weighted by atomic mass is 10.2. The van der Waals surface area contributed by atoms with Crippen LogP contribution in [0.2, 0.25) is 0 Å². The van der Waals surface area contributed by atoms with Gasteiger partial charge in [0.25, 0.3) is 5.69 Å². The summed E-state index contributed by atoms with van der Waals surface area (Å²) >= 11 is 1.52. The summed E-state index contributed by atoms with van der Waals surface area (Å²) in [7, 11) is 0.